The predicted molar refractivity (Wildman–Crippen MR) is 39.9 cm³/mol. The number of hydrogen-bond acceptors (Lipinski definition) is 2. The Morgan fingerprint density at radius 3 is 2.00 bits per heavy atom. The first-order valence-corrected chi connectivity index (χ1v) is 3.34. The van der Waals surface area contributed by atoms with Crippen LogP contribution < -0.4 is 0 Å². The maximum Gasteiger partial charge on any atom is 0.0987 e. The quantitative estimate of drug-likeness (QED) is 0.571. The lowest BCUT2D eigenvalue weighted by Crippen LogP contribution is -2.28. The van der Waals surface area contributed by atoms with Crippen molar-refractivity contribution in [2.24, 2.45) is 4.99 Å². The maximum absolute atomic E-state index is 9.48. The van der Waals surface area contributed by atoms with Gasteiger partial charge in [0.1, 0.15) is 0 Å². The van der Waals surface area contributed by atoms with Crippen molar-refractivity contribution in [3.8, 4) is 0 Å². The molecule has 0 aromatic carbocycles. The van der Waals surface area contributed by atoms with Gasteiger partial charge in [0.25, 0.3) is 0 Å². The van der Waals surface area contributed by atoms with Gasteiger partial charge in [-0.2, -0.15) is 0 Å². The molecule has 9 heavy (non-hydrogen) atoms. The first kappa shape index (κ1) is 8.63. The Morgan fingerprint density at radius 2 is 1.89 bits per heavy atom. The summed E-state index contributed by atoms with van der Waals surface area (Å²) in [6, 6.07) is 0. The molecule has 2 nitrogen and oxygen atoms in total. The van der Waals surface area contributed by atoms with E-state index in [9.17, 15) is 5.11 Å². The zero-order valence-corrected chi connectivity index (χ0v) is 6.39. The normalized spacial score (nSPS) is 12.9. The summed E-state index contributed by atoms with van der Waals surface area (Å²) >= 11 is 0. The van der Waals surface area contributed by atoms with Crippen LogP contribution in [0.5, 0.6) is 0 Å². The predicted octanol–water partition coefficient (Wildman–Crippen LogP) is 1.24. The zero-order valence-electron chi connectivity index (χ0n) is 6.39. The van der Waals surface area contributed by atoms with Gasteiger partial charge in [-0.05, 0) is 12.8 Å². The van der Waals surface area contributed by atoms with Crippen molar-refractivity contribution < 1.29 is 5.11 Å². The van der Waals surface area contributed by atoms with Gasteiger partial charge in [0.2, 0.25) is 0 Å². The first-order chi connectivity index (χ1) is 4.18. The molecule has 0 unspecified atom stereocenters. The molecule has 0 amide bonds. The summed E-state index contributed by atoms with van der Waals surface area (Å²) in [5, 5.41) is 9.48. The molecule has 0 fully saturated rings. The summed E-state index contributed by atoms with van der Waals surface area (Å²) in [5.41, 5.74) is -0.658. The highest BCUT2D eigenvalue weighted by Crippen LogP contribution is 2.10. The molecule has 0 heterocycles. The Hall–Kier alpha value is -0.370. The Bertz CT molecular complexity index is 95.1. The van der Waals surface area contributed by atoms with Crippen LogP contribution in [0.1, 0.15) is 26.7 Å². The third kappa shape index (κ3) is 2.61. The number of nitrogens with zero attached hydrogens (tertiary/aromatic N) is 1. The molecule has 54 valence electrons. The van der Waals surface area contributed by atoms with E-state index >= 15 is 0 Å². The Morgan fingerprint density at radius 1 is 1.44 bits per heavy atom. The number of rotatable bonds is 3. The van der Waals surface area contributed by atoms with Crippen molar-refractivity contribution in [1.29, 1.82) is 0 Å². The smallest absolute Gasteiger partial charge is 0.0987 e. The molecular weight excluding hydrogens is 114 g/mol. The highest BCUT2D eigenvalue weighted by atomic mass is 16.3. The van der Waals surface area contributed by atoms with Gasteiger partial charge in [-0.15, -0.1) is 0 Å². The van der Waals surface area contributed by atoms with E-state index in [1.807, 2.05) is 13.8 Å². The lowest BCUT2D eigenvalue weighted by Gasteiger charge is -2.18. The molecule has 0 rings (SSSR count). The Labute approximate surface area is 56.6 Å². The Balaban J connectivity index is 3.92. The van der Waals surface area contributed by atoms with Crippen molar-refractivity contribution in [2.75, 3.05) is 7.05 Å². The summed E-state index contributed by atoms with van der Waals surface area (Å²) in [5.74, 6) is 0. The molecular formula is C7H15NO. The molecule has 0 aromatic rings. The van der Waals surface area contributed by atoms with Crippen LogP contribution in [0, 0.1) is 0 Å². The van der Waals surface area contributed by atoms with Crippen molar-refractivity contribution >= 4 is 6.21 Å². The lowest BCUT2D eigenvalue weighted by molar-refractivity contribution is 0.109. The average molecular weight is 129 g/mol. The van der Waals surface area contributed by atoms with E-state index in [2.05, 4.69) is 4.99 Å². The van der Waals surface area contributed by atoms with E-state index in [0.717, 1.165) is 12.8 Å². The lowest BCUT2D eigenvalue weighted by atomic mass is 10.00. The molecule has 0 saturated heterocycles. The summed E-state index contributed by atoms with van der Waals surface area (Å²) in [6.45, 7) is 3.90. The third-order valence-corrected chi connectivity index (χ3v) is 1.59. The monoisotopic (exact) mass is 129 g/mol. The van der Waals surface area contributed by atoms with Crippen LogP contribution >= 0.6 is 0 Å². The van der Waals surface area contributed by atoms with Gasteiger partial charge in [0, 0.05) is 13.3 Å². The standard InChI is InChI=1S/C7H15NO/c1-4-7(9,5-2)6-8-3/h6,9H,4-5H2,1-3H3. The topological polar surface area (TPSA) is 32.6 Å². The van der Waals surface area contributed by atoms with Crippen molar-refractivity contribution in [3.63, 3.8) is 0 Å². The zero-order chi connectivity index (χ0) is 7.33. The van der Waals surface area contributed by atoms with Crippen molar-refractivity contribution in [1.82, 2.24) is 0 Å². The molecule has 0 atom stereocenters. The largest absolute Gasteiger partial charge is 0.384 e. The minimum Gasteiger partial charge on any atom is -0.384 e. The fourth-order valence-electron chi connectivity index (χ4n) is 0.673. The molecule has 0 bridgehead atoms. The van der Waals surface area contributed by atoms with Gasteiger partial charge >= 0.3 is 0 Å². The molecule has 0 radical (unpaired) electrons. The molecule has 0 aliphatic carbocycles. The van der Waals surface area contributed by atoms with Crippen LogP contribution in [0.3, 0.4) is 0 Å². The molecule has 0 aliphatic heterocycles. The van der Waals surface area contributed by atoms with Gasteiger partial charge in [-0.25, -0.2) is 0 Å². The van der Waals surface area contributed by atoms with Crippen LogP contribution in [0.2, 0.25) is 0 Å². The SMILES string of the molecule is CCC(O)(C=NC)CC. The van der Waals surface area contributed by atoms with E-state index in [0.29, 0.717) is 0 Å². The van der Waals surface area contributed by atoms with E-state index in [1.54, 1.807) is 13.3 Å². The van der Waals surface area contributed by atoms with Gasteiger partial charge in [0.15, 0.2) is 0 Å². The number of aliphatic imine (C=N–C) groups is 1. The van der Waals surface area contributed by atoms with Gasteiger partial charge in [-0.3, -0.25) is 4.99 Å². The van der Waals surface area contributed by atoms with Gasteiger partial charge in [0.05, 0.1) is 5.60 Å². The van der Waals surface area contributed by atoms with Crippen LogP contribution in [0.15, 0.2) is 4.99 Å². The van der Waals surface area contributed by atoms with Crippen LogP contribution in [0.25, 0.3) is 0 Å². The molecule has 0 spiro atoms. The van der Waals surface area contributed by atoms with E-state index in [4.69, 9.17) is 0 Å². The highest BCUT2D eigenvalue weighted by Gasteiger charge is 2.17. The minimum absolute atomic E-state index is 0.658. The molecule has 0 aliphatic rings. The molecule has 0 aromatic heterocycles. The minimum atomic E-state index is -0.658. The molecule has 0 saturated carbocycles. The van der Waals surface area contributed by atoms with Crippen LogP contribution in [-0.4, -0.2) is 24.0 Å². The van der Waals surface area contributed by atoms with Crippen LogP contribution in [0.4, 0.5) is 0 Å². The van der Waals surface area contributed by atoms with E-state index < -0.39 is 5.60 Å². The number of aliphatic hydroxyl groups is 1. The van der Waals surface area contributed by atoms with Crippen molar-refractivity contribution in [2.45, 2.75) is 32.3 Å². The summed E-state index contributed by atoms with van der Waals surface area (Å²) in [7, 11) is 1.68. The van der Waals surface area contributed by atoms with E-state index in [-0.39, 0.29) is 0 Å². The third-order valence-electron chi connectivity index (χ3n) is 1.59. The fourth-order valence-corrected chi connectivity index (χ4v) is 0.673. The summed E-state index contributed by atoms with van der Waals surface area (Å²) in [4.78, 5) is 3.77. The second-order valence-electron chi connectivity index (χ2n) is 2.20. The highest BCUT2D eigenvalue weighted by molar-refractivity contribution is 5.67. The van der Waals surface area contributed by atoms with Crippen molar-refractivity contribution in [3.05, 3.63) is 0 Å². The number of hydrogen-bond donors (Lipinski definition) is 1. The van der Waals surface area contributed by atoms with Gasteiger partial charge < -0.3 is 5.11 Å². The second kappa shape index (κ2) is 3.62. The molecule has 1 N–H and O–H groups in total. The Kier molecular flexibility index (Phi) is 3.47. The fraction of sp³-hybridized carbons (Fsp3) is 0.857. The van der Waals surface area contributed by atoms with Crippen LogP contribution in [-0.2, 0) is 0 Å². The van der Waals surface area contributed by atoms with Gasteiger partial charge in [-0.1, -0.05) is 13.8 Å². The first-order valence-electron chi connectivity index (χ1n) is 3.34. The summed E-state index contributed by atoms with van der Waals surface area (Å²) in [6.07, 6.45) is 3.08. The van der Waals surface area contributed by atoms with E-state index in [1.165, 1.54) is 0 Å². The maximum atomic E-state index is 9.48. The molecule has 2 heteroatoms. The summed E-state index contributed by atoms with van der Waals surface area (Å²) < 4.78 is 0. The average Bonchev–Trinajstić information content (AvgIpc) is 1.89. The second-order valence-corrected chi connectivity index (χ2v) is 2.20.